The second-order valence-electron chi connectivity index (χ2n) is 4.84. The minimum atomic E-state index is 0.801. The molecule has 1 fully saturated rings. The SMILES string of the molecule is CCC1CN(Cc2cc(C)ccc2N)CCS1. The van der Waals surface area contributed by atoms with Gasteiger partial charge in [0.2, 0.25) is 0 Å². The molecule has 2 rings (SSSR count). The maximum atomic E-state index is 6.04. The highest BCUT2D eigenvalue weighted by Crippen LogP contribution is 2.24. The number of rotatable bonds is 3. The van der Waals surface area contributed by atoms with Crippen LogP contribution in [0.5, 0.6) is 0 Å². The van der Waals surface area contributed by atoms with Gasteiger partial charge in [-0.2, -0.15) is 11.8 Å². The van der Waals surface area contributed by atoms with Gasteiger partial charge in [0, 0.05) is 36.3 Å². The third-order valence-corrected chi connectivity index (χ3v) is 4.74. The summed E-state index contributed by atoms with van der Waals surface area (Å²) in [6, 6.07) is 6.33. The molecule has 94 valence electrons. The number of nitrogens with two attached hydrogens (primary N) is 1. The average Bonchev–Trinajstić information content (AvgIpc) is 2.34. The first kappa shape index (κ1) is 12.8. The van der Waals surface area contributed by atoms with Gasteiger partial charge in [0.1, 0.15) is 0 Å². The quantitative estimate of drug-likeness (QED) is 0.836. The number of nitrogen functional groups attached to an aromatic ring is 1. The molecule has 1 aromatic rings. The van der Waals surface area contributed by atoms with Gasteiger partial charge in [-0.15, -0.1) is 0 Å². The average molecular weight is 250 g/mol. The third kappa shape index (κ3) is 3.39. The first-order valence-corrected chi connectivity index (χ1v) is 7.43. The Hall–Kier alpha value is -0.670. The van der Waals surface area contributed by atoms with Crippen LogP contribution in [0.1, 0.15) is 24.5 Å². The smallest absolute Gasteiger partial charge is 0.0359 e. The number of hydrogen-bond donors (Lipinski definition) is 1. The van der Waals surface area contributed by atoms with Crippen LogP contribution in [0.15, 0.2) is 18.2 Å². The Bertz CT molecular complexity index is 378. The van der Waals surface area contributed by atoms with Gasteiger partial charge in [-0.1, -0.05) is 24.6 Å². The van der Waals surface area contributed by atoms with Crippen molar-refractivity contribution in [2.45, 2.75) is 32.1 Å². The number of nitrogens with zero attached hydrogens (tertiary/aromatic N) is 1. The highest BCUT2D eigenvalue weighted by Gasteiger charge is 2.19. The van der Waals surface area contributed by atoms with Crippen LogP contribution in [0, 0.1) is 6.92 Å². The summed E-state index contributed by atoms with van der Waals surface area (Å²) in [5.41, 5.74) is 9.56. The van der Waals surface area contributed by atoms with E-state index in [9.17, 15) is 0 Å². The Kier molecular flexibility index (Phi) is 4.35. The summed E-state index contributed by atoms with van der Waals surface area (Å²) in [7, 11) is 0. The molecule has 3 heteroatoms. The van der Waals surface area contributed by atoms with Crippen molar-refractivity contribution in [1.82, 2.24) is 4.90 Å². The molecular weight excluding hydrogens is 228 g/mol. The number of aryl methyl sites for hydroxylation is 1. The molecule has 1 aromatic carbocycles. The summed E-state index contributed by atoms with van der Waals surface area (Å²) < 4.78 is 0. The van der Waals surface area contributed by atoms with Crippen LogP contribution in [-0.4, -0.2) is 29.0 Å². The fourth-order valence-corrected chi connectivity index (χ4v) is 3.53. The van der Waals surface area contributed by atoms with E-state index in [0.29, 0.717) is 0 Å². The maximum Gasteiger partial charge on any atom is 0.0359 e. The normalized spacial score (nSPS) is 21.6. The summed E-state index contributed by atoms with van der Waals surface area (Å²) in [6.45, 7) is 7.81. The topological polar surface area (TPSA) is 29.3 Å². The lowest BCUT2D eigenvalue weighted by atomic mass is 10.1. The summed E-state index contributed by atoms with van der Waals surface area (Å²) >= 11 is 2.11. The number of benzene rings is 1. The summed E-state index contributed by atoms with van der Waals surface area (Å²) in [5, 5.41) is 0.801. The van der Waals surface area contributed by atoms with Crippen LogP contribution in [0.4, 0.5) is 5.69 Å². The van der Waals surface area contributed by atoms with Crippen LogP contribution in [-0.2, 0) is 6.54 Å². The molecule has 0 bridgehead atoms. The Labute approximate surface area is 109 Å². The van der Waals surface area contributed by atoms with Crippen LogP contribution < -0.4 is 5.73 Å². The highest BCUT2D eigenvalue weighted by atomic mass is 32.2. The largest absolute Gasteiger partial charge is 0.398 e. The van der Waals surface area contributed by atoms with Crippen molar-refractivity contribution in [2.24, 2.45) is 0 Å². The lowest BCUT2D eigenvalue weighted by Crippen LogP contribution is -2.37. The molecule has 0 radical (unpaired) electrons. The summed E-state index contributed by atoms with van der Waals surface area (Å²) in [5.74, 6) is 1.25. The van der Waals surface area contributed by atoms with Gasteiger partial charge in [-0.25, -0.2) is 0 Å². The fraction of sp³-hybridized carbons (Fsp3) is 0.571. The second-order valence-corrected chi connectivity index (χ2v) is 6.25. The molecule has 0 spiro atoms. The molecule has 0 aliphatic carbocycles. The molecule has 2 nitrogen and oxygen atoms in total. The zero-order valence-corrected chi connectivity index (χ0v) is 11.6. The predicted molar refractivity (Wildman–Crippen MR) is 77.4 cm³/mol. The molecule has 0 amide bonds. The van der Waals surface area contributed by atoms with Crippen molar-refractivity contribution in [3.63, 3.8) is 0 Å². The number of hydrogen-bond acceptors (Lipinski definition) is 3. The lowest BCUT2D eigenvalue weighted by molar-refractivity contribution is 0.273. The molecule has 1 unspecified atom stereocenters. The minimum absolute atomic E-state index is 0.801. The standard InChI is InChI=1S/C14H22N2S/c1-3-13-10-16(6-7-17-13)9-12-8-11(2)4-5-14(12)15/h4-5,8,13H,3,6-7,9-10,15H2,1-2H3. The van der Waals surface area contributed by atoms with Crippen LogP contribution >= 0.6 is 11.8 Å². The van der Waals surface area contributed by atoms with E-state index in [1.807, 2.05) is 6.07 Å². The molecule has 0 aromatic heterocycles. The molecule has 0 saturated carbocycles. The first-order valence-electron chi connectivity index (χ1n) is 6.38. The molecular formula is C14H22N2S. The number of anilines is 1. The van der Waals surface area contributed by atoms with E-state index in [1.54, 1.807) is 0 Å². The van der Waals surface area contributed by atoms with Crippen LogP contribution in [0.25, 0.3) is 0 Å². The molecule has 1 aliphatic rings. The van der Waals surface area contributed by atoms with Gasteiger partial charge >= 0.3 is 0 Å². The Morgan fingerprint density at radius 3 is 3.06 bits per heavy atom. The van der Waals surface area contributed by atoms with Crippen molar-refractivity contribution < 1.29 is 0 Å². The van der Waals surface area contributed by atoms with E-state index in [1.165, 1.54) is 36.4 Å². The lowest BCUT2D eigenvalue weighted by Gasteiger charge is -2.32. The molecule has 1 heterocycles. The van der Waals surface area contributed by atoms with E-state index in [2.05, 4.69) is 42.6 Å². The predicted octanol–water partition coefficient (Wildman–Crippen LogP) is 2.90. The fourth-order valence-electron chi connectivity index (χ4n) is 2.28. The van der Waals surface area contributed by atoms with Crippen LogP contribution in [0.3, 0.4) is 0 Å². The van der Waals surface area contributed by atoms with Crippen molar-refractivity contribution in [3.8, 4) is 0 Å². The Morgan fingerprint density at radius 2 is 2.29 bits per heavy atom. The summed E-state index contributed by atoms with van der Waals surface area (Å²) in [6.07, 6.45) is 1.27. The van der Waals surface area contributed by atoms with Crippen LogP contribution in [0.2, 0.25) is 0 Å². The van der Waals surface area contributed by atoms with E-state index in [0.717, 1.165) is 17.5 Å². The van der Waals surface area contributed by atoms with Crippen molar-refractivity contribution in [3.05, 3.63) is 29.3 Å². The maximum absolute atomic E-state index is 6.04. The van der Waals surface area contributed by atoms with E-state index < -0.39 is 0 Å². The van der Waals surface area contributed by atoms with Gasteiger partial charge < -0.3 is 5.73 Å². The van der Waals surface area contributed by atoms with E-state index >= 15 is 0 Å². The van der Waals surface area contributed by atoms with Crippen molar-refractivity contribution >= 4 is 17.4 Å². The third-order valence-electron chi connectivity index (χ3n) is 3.37. The Balaban J connectivity index is 2.02. The van der Waals surface area contributed by atoms with Gasteiger partial charge in [0.05, 0.1) is 0 Å². The monoisotopic (exact) mass is 250 g/mol. The molecule has 1 saturated heterocycles. The van der Waals surface area contributed by atoms with Crippen molar-refractivity contribution in [1.29, 1.82) is 0 Å². The van der Waals surface area contributed by atoms with Gasteiger partial charge in [0.15, 0.2) is 0 Å². The van der Waals surface area contributed by atoms with E-state index in [-0.39, 0.29) is 0 Å². The minimum Gasteiger partial charge on any atom is -0.398 e. The van der Waals surface area contributed by atoms with Gasteiger partial charge in [-0.3, -0.25) is 4.90 Å². The molecule has 1 atom stereocenters. The first-order chi connectivity index (χ1) is 8.19. The highest BCUT2D eigenvalue weighted by molar-refractivity contribution is 8.00. The van der Waals surface area contributed by atoms with Gasteiger partial charge in [0.25, 0.3) is 0 Å². The zero-order chi connectivity index (χ0) is 12.3. The zero-order valence-electron chi connectivity index (χ0n) is 10.8. The molecule has 17 heavy (non-hydrogen) atoms. The van der Waals surface area contributed by atoms with E-state index in [4.69, 9.17) is 5.73 Å². The summed E-state index contributed by atoms with van der Waals surface area (Å²) in [4.78, 5) is 2.54. The molecule has 2 N–H and O–H groups in total. The van der Waals surface area contributed by atoms with Crippen molar-refractivity contribution in [2.75, 3.05) is 24.6 Å². The van der Waals surface area contributed by atoms with Gasteiger partial charge in [-0.05, 0) is 25.0 Å². The molecule has 1 aliphatic heterocycles. The Morgan fingerprint density at radius 1 is 1.47 bits per heavy atom. The number of thioether (sulfide) groups is 1. The second kappa shape index (κ2) is 5.78.